The van der Waals surface area contributed by atoms with Crippen molar-refractivity contribution >= 4 is 49.5 Å². The molecule has 0 aliphatic carbocycles. The van der Waals surface area contributed by atoms with Crippen molar-refractivity contribution < 1.29 is 19.4 Å². The highest BCUT2D eigenvalue weighted by molar-refractivity contribution is 9.11. The van der Waals surface area contributed by atoms with Gasteiger partial charge in [0.05, 0.1) is 17.9 Å². The van der Waals surface area contributed by atoms with Crippen molar-refractivity contribution in [3.05, 3.63) is 26.6 Å². The third-order valence-corrected chi connectivity index (χ3v) is 3.83. The van der Waals surface area contributed by atoms with E-state index in [9.17, 15) is 14.7 Å². The molecule has 0 saturated heterocycles. The van der Waals surface area contributed by atoms with E-state index in [1.165, 1.54) is 11.0 Å². The van der Waals surface area contributed by atoms with E-state index in [1.54, 1.807) is 13.2 Å². The number of carbonyl (C=O) groups excluding carboxylic acids is 1. The predicted molar refractivity (Wildman–Crippen MR) is 86.9 cm³/mol. The number of halogens is 2. The van der Waals surface area contributed by atoms with Gasteiger partial charge < -0.3 is 20.1 Å². The number of urea groups is 1. The summed E-state index contributed by atoms with van der Waals surface area (Å²) >= 11 is 6.49. The number of carbonyl (C=O) groups is 2. The Hall–Kier alpha value is -1.12. The normalized spacial score (nSPS) is 10.3. The zero-order valence-corrected chi connectivity index (χ0v) is 14.8. The number of likely N-dealkylation sites (N-methyl/N-ethyl adjacent to an activating group) is 1. The number of methoxy groups -OCH3 is 1. The molecule has 0 unspecified atom stereocenters. The Kier molecular flexibility index (Phi) is 7.13. The summed E-state index contributed by atoms with van der Waals surface area (Å²) in [6, 6.07) is 2.74. The fourth-order valence-corrected chi connectivity index (χ4v) is 2.98. The van der Waals surface area contributed by atoms with Gasteiger partial charge in [0, 0.05) is 29.1 Å². The van der Waals surface area contributed by atoms with E-state index < -0.39 is 5.97 Å². The lowest BCUT2D eigenvalue weighted by Gasteiger charge is -2.22. The monoisotopic (exact) mass is 422 g/mol. The van der Waals surface area contributed by atoms with Crippen molar-refractivity contribution in [3.8, 4) is 0 Å². The molecular formula is C13H16Br2N2O4. The summed E-state index contributed by atoms with van der Waals surface area (Å²) in [6.45, 7) is 3.17. The van der Waals surface area contributed by atoms with Crippen molar-refractivity contribution in [3.63, 3.8) is 0 Å². The highest BCUT2D eigenvalue weighted by Crippen LogP contribution is 2.31. The van der Waals surface area contributed by atoms with Crippen LogP contribution in [0.2, 0.25) is 0 Å². The maximum atomic E-state index is 12.2. The Morgan fingerprint density at radius 3 is 2.57 bits per heavy atom. The maximum absolute atomic E-state index is 12.2. The molecule has 0 spiro atoms. The molecule has 0 fully saturated rings. The predicted octanol–water partition coefficient (Wildman–Crippen LogP) is 3.41. The Morgan fingerprint density at radius 1 is 1.38 bits per heavy atom. The first-order valence-corrected chi connectivity index (χ1v) is 7.76. The van der Waals surface area contributed by atoms with Gasteiger partial charge in [-0.05, 0) is 35.0 Å². The molecule has 0 bridgehead atoms. The fourth-order valence-electron chi connectivity index (χ4n) is 1.66. The van der Waals surface area contributed by atoms with Gasteiger partial charge in [0.15, 0.2) is 0 Å². The van der Waals surface area contributed by atoms with Crippen molar-refractivity contribution in [1.82, 2.24) is 4.90 Å². The summed E-state index contributed by atoms with van der Waals surface area (Å²) < 4.78 is 6.04. The second-order valence-corrected chi connectivity index (χ2v) is 5.89. The molecule has 6 nitrogen and oxygen atoms in total. The number of amides is 2. The first kappa shape index (κ1) is 17.9. The molecule has 116 valence electrons. The van der Waals surface area contributed by atoms with Crippen molar-refractivity contribution in [1.29, 1.82) is 0 Å². The topological polar surface area (TPSA) is 78.9 Å². The average molecular weight is 424 g/mol. The van der Waals surface area contributed by atoms with E-state index in [2.05, 4.69) is 37.2 Å². The van der Waals surface area contributed by atoms with Crippen molar-refractivity contribution in [2.75, 3.05) is 32.1 Å². The van der Waals surface area contributed by atoms with Crippen LogP contribution >= 0.6 is 31.9 Å². The van der Waals surface area contributed by atoms with Gasteiger partial charge in [-0.15, -0.1) is 0 Å². The Balaban J connectivity index is 3.01. The molecular weight excluding hydrogens is 408 g/mol. The first-order valence-electron chi connectivity index (χ1n) is 6.17. The maximum Gasteiger partial charge on any atom is 0.337 e. The van der Waals surface area contributed by atoms with Crippen LogP contribution in [-0.4, -0.2) is 48.8 Å². The minimum atomic E-state index is -1.12. The molecule has 0 aromatic heterocycles. The molecule has 2 N–H and O–H groups in total. The number of benzene rings is 1. The summed E-state index contributed by atoms with van der Waals surface area (Å²) in [5.74, 6) is -1.12. The second kappa shape index (κ2) is 8.35. The molecule has 21 heavy (non-hydrogen) atoms. The number of nitrogens with zero attached hydrogens (tertiary/aromatic N) is 1. The smallest absolute Gasteiger partial charge is 0.337 e. The number of anilines is 1. The molecule has 0 radical (unpaired) electrons. The number of carboxylic acids is 1. The summed E-state index contributed by atoms with van der Waals surface area (Å²) in [5, 5.41) is 11.9. The number of ether oxygens (including phenoxy) is 1. The van der Waals surface area contributed by atoms with Gasteiger partial charge in [-0.2, -0.15) is 0 Å². The molecule has 0 heterocycles. The molecule has 2 amide bonds. The van der Waals surface area contributed by atoms with Gasteiger partial charge >= 0.3 is 12.0 Å². The number of aromatic carboxylic acids is 1. The van der Waals surface area contributed by atoms with Crippen LogP contribution in [0.15, 0.2) is 21.1 Å². The SMILES string of the molecule is CCN(CCOC)C(=O)Nc1c(Br)cc(Br)cc1C(=O)O. The highest BCUT2D eigenvalue weighted by Gasteiger charge is 2.19. The van der Waals surface area contributed by atoms with Crippen LogP contribution in [0.3, 0.4) is 0 Å². The fraction of sp³-hybridized carbons (Fsp3) is 0.385. The molecule has 1 aromatic rings. The van der Waals surface area contributed by atoms with Crippen LogP contribution in [0.25, 0.3) is 0 Å². The minimum absolute atomic E-state index is 0.00685. The quantitative estimate of drug-likeness (QED) is 0.734. The van der Waals surface area contributed by atoms with Crippen molar-refractivity contribution in [2.24, 2.45) is 0 Å². The summed E-state index contributed by atoms with van der Waals surface area (Å²) in [7, 11) is 1.56. The first-order chi connectivity index (χ1) is 9.90. The standard InChI is InChI=1S/C13H16Br2N2O4/c1-3-17(4-5-21-2)13(20)16-11-9(12(18)19)6-8(14)7-10(11)15/h6-7H,3-5H2,1-2H3,(H,16,20)(H,18,19). The molecule has 8 heteroatoms. The van der Waals surface area contributed by atoms with E-state index in [1.807, 2.05) is 6.92 Å². The van der Waals surface area contributed by atoms with Crippen LogP contribution in [0.4, 0.5) is 10.5 Å². The summed E-state index contributed by atoms with van der Waals surface area (Å²) in [4.78, 5) is 25.0. The summed E-state index contributed by atoms with van der Waals surface area (Å²) in [6.07, 6.45) is 0. The van der Waals surface area contributed by atoms with E-state index >= 15 is 0 Å². The third-order valence-electron chi connectivity index (χ3n) is 2.75. The van der Waals surface area contributed by atoms with E-state index in [-0.39, 0.29) is 17.3 Å². The van der Waals surface area contributed by atoms with Gasteiger partial charge in [-0.25, -0.2) is 9.59 Å². The zero-order valence-electron chi connectivity index (χ0n) is 11.7. The Labute approximate surface area is 139 Å². The zero-order chi connectivity index (χ0) is 16.0. The third kappa shape index (κ3) is 4.98. The highest BCUT2D eigenvalue weighted by atomic mass is 79.9. The summed E-state index contributed by atoms with van der Waals surface area (Å²) in [5.41, 5.74) is 0.235. The molecule has 0 aliphatic rings. The lowest BCUT2D eigenvalue weighted by molar-refractivity contribution is 0.0698. The number of rotatable bonds is 6. The van der Waals surface area contributed by atoms with Crippen LogP contribution in [0, 0.1) is 0 Å². The van der Waals surface area contributed by atoms with Gasteiger partial charge in [0.25, 0.3) is 0 Å². The van der Waals surface area contributed by atoms with Gasteiger partial charge in [0.1, 0.15) is 0 Å². The van der Waals surface area contributed by atoms with Crippen LogP contribution < -0.4 is 5.32 Å². The van der Waals surface area contributed by atoms with E-state index in [0.29, 0.717) is 28.6 Å². The second-order valence-electron chi connectivity index (χ2n) is 4.12. The van der Waals surface area contributed by atoms with Crippen LogP contribution in [0.1, 0.15) is 17.3 Å². The minimum Gasteiger partial charge on any atom is -0.478 e. The van der Waals surface area contributed by atoms with Gasteiger partial charge in [-0.1, -0.05) is 15.9 Å². The number of hydrogen-bond acceptors (Lipinski definition) is 3. The number of carboxylic acid groups (broad SMARTS) is 1. The lowest BCUT2D eigenvalue weighted by atomic mass is 10.2. The molecule has 1 rings (SSSR count). The van der Waals surface area contributed by atoms with Crippen LogP contribution in [-0.2, 0) is 4.74 Å². The van der Waals surface area contributed by atoms with Crippen LogP contribution in [0.5, 0.6) is 0 Å². The Morgan fingerprint density at radius 2 is 2.05 bits per heavy atom. The van der Waals surface area contributed by atoms with E-state index in [4.69, 9.17) is 4.74 Å². The molecule has 0 atom stereocenters. The molecule has 0 aliphatic heterocycles. The Bertz CT molecular complexity index is 537. The van der Waals surface area contributed by atoms with Gasteiger partial charge in [0.2, 0.25) is 0 Å². The molecule has 1 aromatic carbocycles. The average Bonchev–Trinajstić information content (AvgIpc) is 2.42. The largest absolute Gasteiger partial charge is 0.478 e. The number of hydrogen-bond donors (Lipinski definition) is 2. The molecule has 0 saturated carbocycles. The van der Waals surface area contributed by atoms with Crippen molar-refractivity contribution in [2.45, 2.75) is 6.92 Å². The number of nitrogens with one attached hydrogen (secondary N) is 1. The van der Waals surface area contributed by atoms with Gasteiger partial charge in [-0.3, -0.25) is 0 Å². The lowest BCUT2D eigenvalue weighted by Crippen LogP contribution is -2.37. The van der Waals surface area contributed by atoms with E-state index in [0.717, 1.165) is 0 Å².